The first kappa shape index (κ1) is 33.9. The van der Waals surface area contributed by atoms with Gasteiger partial charge in [0.2, 0.25) is 0 Å². The van der Waals surface area contributed by atoms with E-state index in [9.17, 15) is 0 Å². The molecule has 0 aliphatic rings. The minimum atomic E-state index is 0.907. The molecule has 0 fully saturated rings. The second-order valence-electron chi connectivity index (χ2n) is 15.4. The van der Waals surface area contributed by atoms with Crippen molar-refractivity contribution in [2.75, 3.05) is 4.90 Å². The minimum absolute atomic E-state index is 0.907. The van der Waals surface area contributed by atoms with Crippen LogP contribution >= 0.6 is 0 Å². The fourth-order valence-corrected chi connectivity index (χ4v) is 9.02. The van der Waals surface area contributed by atoms with Crippen molar-refractivity contribution in [3.63, 3.8) is 0 Å². The molecule has 2 nitrogen and oxygen atoms in total. The molecule has 0 amide bonds. The van der Waals surface area contributed by atoms with Crippen LogP contribution in [0.15, 0.2) is 205 Å². The Morgan fingerprint density at radius 1 is 0.310 bits per heavy atom. The fraction of sp³-hybridized carbons (Fsp3) is 0.0357. The Morgan fingerprint density at radius 2 is 0.810 bits per heavy atom. The molecule has 274 valence electrons. The van der Waals surface area contributed by atoms with Crippen molar-refractivity contribution in [1.82, 2.24) is 0 Å². The van der Waals surface area contributed by atoms with Gasteiger partial charge in [0.15, 0.2) is 0 Å². The van der Waals surface area contributed by atoms with Crippen molar-refractivity contribution in [1.29, 1.82) is 0 Å². The molecular weight excluding hydrogens is 703 g/mol. The molecular formula is C56H39NO. The molecule has 0 aliphatic carbocycles. The monoisotopic (exact) mass is 741 g/mol. The first-order chi connectivity index (χ1) is 28.6. The zero-order valence-electron chi connectivity index (χ0n) is 32.4. The summed E-state index contributed by atoms with van der Waals surface area (Å²) >= 11 is 0. The van der Waals surface area contributed by atoms with E-state index in [-0.39, 0.29) is 0 Å². The number of nitrogens with zero attached hydrogens (tertiary/aromatic N) is 1. The van der Waals surface area contributed by atoms with Crippen molar-refractivity contribution < 1.29 is 4.42 Å². The third kappa shape index (κ3) is 5.56. The van der Waals surface area contributed by atoms with Crippen LogP contribution in [0.25, 0.3) is 87.6 Å². The lowest BCUT2D eigenvalue weighted by Crippen LogP contribution is -2.10. The highest BCUT2D eigenvalue weighted by atomic mass is 16.3. The van der Waals surface area contributed by atoms with E-state index in [2.05, 4.69) is 207 Å². The van der Waals surface area contributed by atoms with Crippen molar-refractivity contribution in [3.8, 4) is 33.4 Å². The average Bonchev–Trinajstić information content (AvgIpc) is 3.67. The van der Waals surface area contributed by atoms with Crippen LogP contribution in [-0.2, 0) is 0 Å². The van der Waals surface area contributed by atoms with Crippen LogP contribution in [0.1, 0.15) is 11.1 Å². The second kappa shape index (κ2) is 13.7. The van der Waals surface area contributed by atoms with Gasteiger partial charge in [-0.15, -0.1) is 0 Å². The Bertz CT molecular complexity index is 3320. The van der Waals surface area contributed by atoms with E-state index in [0.717, 1.165) is 50.1 Å². The first-order valence-electron chi connectivity index (χ1n) is 20.0. The summed E-state index contributed by atoms with van der Waals surface area (Å²) in [6.07, 6.45) is 0. The summed E-state index contributed by atoms with van der Waals surface area (Å²) in [6.45, 7) is 4.39. The molecule has 11 rings (SSSR count). The molecule has 58 heavy (non-hydrogen) atoms. The quantitative estimate of drug-likeness (QED) is 0.158. The number of aryl methyl sites for hydroxylation is 2. The topological polar surface area (TPSA) is 16.4 Å². The molecule has 0 spiro atoms. The number of furan rings is 1. The van der Waals surface area contributed by atoms with Gasteiger partial charge in [-0.05, 0) is 134 Å². The molecule has 1 heterocycles. The first-order valence-corrected chi connectivity index (χ1v) is 20.0. The SMILES string of the molecule is Cc1ccccc1-c1cc(-c2ccc(N(c3ccc(-c4cccc5c4oc4ccccc45)cc3)c3ccc4c5ccccc5c5ccccc5c4c3)cc2)ccc1C. The molecule has 0 bridgehead atoms. The van der Waals surface area contributed by atoms with E-state index in [1.807, 2.05) is 12.1 Å². The number of hydrogen-bond acceptors (Lipinski definition) is 2. The molecule has 0 N–H and O–H groups in total. The summed E-state index contributed by atoms with van der Waals surface area (Å²) < 4.78 is 6.44. The van der Waals surface area contributed by atoms with Crippen molar-refractivity contribution in [3.05, 3.63) is 211 Å². The number of benzene rings is 10. The van der Waals surface area contributed by atoms with Crippen molar-refractivity contribution >= 4 is 71.3 Å². The van der Waals surface area contributed by atoms with Crippen molar-refractivity contribution in [2.24, 2.45) is 0 Å². The highest BCUT2D eigenvalue weighted by Crippen LogP contribution is 2.43. The molecule has 1 aromatic heterocycles. The average molecular weight is 742 g/mol. The van der Waals surface area contributed by atoms with E-state index < -0.39 is 0 Å². The third-order valence-electron chi connectivity index (χ3n) is 12.0. The normalized spacial score (nSPS) is 11.6. The summed E-state index contributed by atoms with van der Waals surface area (Å²) in [6, 6.07) is 72.7. The summed E-state index contributed by atoms with van der Waals surface area (Å²) in [5.41, 5.74) is 14.8. The predicted molar refractivity (Wildman–Crippen MR) is 247 cm³/mol. The molecule has 10 aromatic carbocycles. The molecule has 0 saturated carbocycles. The van der Waals surface area contributed by atoms with Gasteiger partial charge in [-0.3, -0.25) is 0 Å². The summed E-state index contributed by atoms with van der Waals surface area (Å²) in [7, 11) is 0. The molecule has 0 radical (unpaired) electrons. The molecule has 0 unspecified atom stereocenters. The second-order valence-corrected chi connectivity index (χ2v) is 15.4. The van der Waals surface area contributed by atoms with Crippen LogP contribution in [-0.4, -0.2) is 0 Å². The number of anilines is 3. The van der Waals surface area contributed by atoms with Gasteiger partial charge in [-0.25, -0.2) is 0 Å². The van der Waals surface area contributed by atoms with E-state index in [1.54, 1.807) is 0 Å². The number of rotatable bonds is 6. The van der Waals surface area contributed by atoms with Crippen LogP contribution in [0, 0.1) is 13.8 Å². The largest absolute Gasteiger partial charge is 0.455 e. The van der Waals surface area contributed by atoms with Crippen LogP contribution in [0.5, 0.6) is 0 Å². The van der Waals surface area contributed by atoms with Gasteiger partial charge in [-0.2, -0.15) is 0 Å². The van der Waals surface area contributed by atoms with Gasteiger partial charge in [0.05, 0.1) is 0 Å². The number of para-hydroxylation sites is 2. The van der Waals surface area contributed by atoms with E-state index in [1.165, 1.54) is 65.7 Å². The zero-order valence-corrected chi connectivity index (χ0v) is 32.4. The maximum absolute atomic E-state index is 6.44. The zero-order chi connectivity index (χ0) is 38.7. The van der Waals surface area contributed by atoms with E-state index >= 15 is 0 Å². The Kier molecular flexibility index (Phi) is 7.97. The van der Waals surface area contributed by atoms with Crippen LogP contribution < -0.4 is 4.90 Å². The standard InChI is InChI=1S/C56H39NO/c1-36-12-3-4-13-44(36)53-34-40(23-22-37(53)2)38-24-28-41(29-25-38)57(43-32-33-50-48-16-6-5-14-46(48)47-15-7-8-17-49(47)54(50)35-43)42-30-26-39(27-31-42)45-19-11-20-52-51-18-9-10-21-55(51)58-56(45)52/h3-35H,1-2H3. The van der Waals surface area contributed by atoms with Gasteiger partial charge < -0.3 is 9.32 Å². The maximum Gasteiger partial charge on any atom is 0.143 e. The van der Waals surface area contributed by atoms with Crippen LogP contribution in [0.2, 0.25) is 0 Å². The van der Waals surface area contributed by atoms with Gasteiger partial charge in [0.1, 0.15) is 11.2 Å². The van der Waals surface area contributed by atoms with E-state index in [0.29, 0.717) is 0 Å². The minimum Gasteiger partial charge on any atom is -0.455 e. The summed E-state index contributed by atoms with van der Waals surface area (Å²) in [5.74, 6) is 0. The number of hydrogen-bond donors (Lipinski definition) is 0. The Labute approximate surface area is 337 Å². The summed E-state index contributed by atoms with van der Waals surface area (Å²) in [5, 5.41) is 9.84. The fourth-order valence-electron chi connectivity index (χ4n) is 9.02. The lowest BCUT2D eigenvalue weighted by Gasteiger charge is -2.27. The maximum atomic E-state index is 6.44. The predicted octanol–water partition coefficient (Wildman–Crippen LogP) is 16.1. The number of fused-ring (bicyclic) bond motifs is 9. The Balaban J connectivity index is 1.05. The Hall–Kier alpha value is -7.42. The third-order valence-corrected chi connectivity index (χ3v) is 12.0. The highest BCUT2D eigenvalue weighted by Gasteiger charge is 2.18. The highest BCUT2D eigenvalue weighted by molar-refractivity contribution is 6.25. The smallest absolute Gasteiger partial charge is 0.143 e. The van der Waals surface area contributed by atoms with Gasteiger partial charge in [-0.1, -0.05) is 152 Å². The molecule has 2 heteroatoms. The van der Waals surface area contributed by atoms with Crippen molar-refractivity contribution in [2.45, 2.75) is 13.8 Å². The van der Waals surface area contributed by atoms with Crippen LogP contribution in [0.3, 0.4) is 0 Å². The Morgan fingerprint density at radius 3 is 1.50 bits per heavy atom. The van der Waals surface area contributed by atoms with Gasteiger partial charge in [0.25, 0.3) is 0 Å². The molecule has 0 atom stereocenters. The van der Waals surface area contributed by atoms with Crippen LogP contribution in [0.4, 0.5) is 17.1 Å². The molecule has 11 aromatic rings. The molecule has 0 aliphatic heterocycles. The molecule has 0 saturated heterocycles. The van der Waals surface area contributed by atoms with Gasteiger partial charge in [0, 0.05) is 33.4 Å². The summed E-state index contributed by atoms with van der Waals surface area (Å²) in [4.78, 5) is 2.38. The van der Waals surface area contributed by atoms with Gasteiger partial charge >= 0.3 is 0 Å². The lowest BCUT2D eigenvalue weighted by atomic mass is 9.93. The lowest BCUT2D eigenvalue weighted by molar-refractivity contribution is 0.670. The van der Waals surface area contributed by atoms with E-state index in [4.69, 9.17) is 4.42 Å².